The van der Waals surface area contributed by atoms with Gasteiger partial charge in [-0.25, -0.2) is 0 Å². The van der Waals surface area contributed by atoms with E-state index in [1.54, 1.807) is 0 Å². The number of thioether (sulfide) groups is 1. The molecule has 0 aromatic heterocycles. The van der Waals surface area contributed by atoms with E-state index in [9.17, 15) is 9.59 Å². The molecule has 0 spiro atoms. The SMILES string of the molecule is CN(C(=O)CN1CCN(C(=O)CC2CSCCN2)CC1)C1CCCCC1.Cl.Cl. The molecule has 2 heterocycles. The first kappa shape index (κ1) is 25.8. The lowest BCUT2D eigenvalue weighted by Crippen LogP contribution is -2.53. The molecule has 0 radical (unpaired) electrons. The van der Waals surface area contributed by atoms with Gasteiger partial charge in [0.25, 0.3) is 0 Å². The molecule has 2 aliphatic heterocycles. The van der Waals surface area contributed by atoms with Gasteiger partial charge in [-0.3, -0.25) is 14.5 Å². The summed E-state index contributed by atoms with van der Waals surface area (Å²) in [5.74, 6) is 2.68. The summed E-state index contributed by atoms with van der Waals surface area (Å²) < 4.78 is 0. The van der Waals surface area contributed by atoms with Gasteiger partial charge in [0.1, 0.15) is 0 Å². The van der Waals surface area contributed by atoms with Crippen molar-refractivity contribution in [3.05, 3.63) is 0 Å². The Kier molecular flexibility index (Phi) is 12.1. The fourth-order valence-corrected chi connectivity index (χ4v) is 5.17. The Bertz CT molecular complexity index is 481. The van der Waals surface area contributed by atoms with Crippen molar-refractivity contribution in [2.75, 3.05) is 57.8 Å². The maximum atomic E-state index is 12.6. The third kappa shape index (κ3) is 7.56. The van der Waals surface area contributed by atoms with Gasteiger partial charge in [0.15, 0.2) is 0 Å². The van der Waals surface area contributed by atoms with Gasteiger partial charge in [0.05, 0.1) is 6.54 Å². The third-order valence-electron chi connectivity index (χ3n) is 6.02. The first-order valence-electron chi connectivity index (χ1n) is 10.2. The van der Waals surface area contributed by atoms with Crippen LogP contribution in [0.1, 0.15) is 38.5 Å². The van der Waals surface area contributed by atoms with Crippen LogP contribution < -0.4 is 5.32 Å². The number of hydrogen-bond donors (Lipinski definition) is 1. The minimum absolute atomic E-state index is 0. The van der Waals surface area contributed by atoms with Gasteiger partial charge in [-0.2, -0.15) is 11.8 Å². The van der Waals surface area contributed by atoms with Crippen LogP contribution in [0.2, 0.25) is 0 Å². The van der Waals surface area contributed by atoms with Gasteiger partial charge in [-0.05, 0) is 12.8 Å². The lowest BCUT2D eigenvalue weighted by molar-refractivity contribution is -0.136. The second-order valence-electron chi connectivity index (χ2n) is 7.88. The van der Waals surface area contributed by atoms with Crippen molar-refractivity contribution in [3.63, 3.8) is 0 Å². The van der Waals surface area contributed by atoms with Crippen LogP contribution in [0.4, 0.5) is 0 Å². The zero-order chi connectivity index (χ0) is 18.4. The van der Waals surface area contributed by atoms with Crippen LogP contribution in [0.3, 0.4) is 0 Å². The lowest BCUT2D eigenvalue weighted by atomic mass is 9.94. The molecule has 2 amide bonds. The summed E-state index contributed by atoms with van der Waals surface area (Å²) in [6.07, 6.45) is 6.71. The summed E-state index contributed by atoms with van der Waals surface area (Å²) in [6, 6.07) is 0.755. The van der Waals surface area contributed by atoms with Crippen molar-refractivity contribution < 1.29 is 9.59 Å². The van der Waals surface area contributed by atoms with Gasteiger partial charge < -0.3 is 15.1 Å². The highest BCUT2D eigenvalue weighted by molar-refractivity contribution is 7.99. The maximum Gasteiger partial charge on any atom is 0.236 e. The zero-order valence-electron chi connectivity index (χ0n) is 16.9. The Morgan fingerprint density at radius 2 is 1.75 bits per heavy atom. The summed E-state index contributed by atoms with van der Waals surface area (Å²) in [5, 5.41) is 3.44. The predicted molar refractivity (Wildman–Crippen MR) is 121 cm³/mol. The average Bonchev–Trinajstić information content (AvgIpc) is 2.69. The minimum Gasteiger partial charge on any atom is -0.342 e. The van der Waals surface area contributed by atoms with Crippen LogP contribution in [-0.2, 0) is 9.59 Å². The standard InChI is InChI=1S/C19H34N4O2S.2ClH/c1-21(17-5-3-2-4-6-17)19(25)14-22-8-10-23(11-9-22)18(24)13-16-15-26-12-7-20-16;;/h16-17,20H,2-15H2,1H3;2*1H. The van der Waals surface area contributed by atoms with E-state index < -0.39 is 0 Å². The largest absolute Gasteiger partial charge is 0.342 e. The zero-order valence-corrected chi connectivity index (χ0v) is 19.4. The number of halogens is 2. The van der Waals surface area contributed by atoms with Gasteiger partial charge in [0, 0.05) is 69.8 Å². The normalized spacial score (nSPS) is 24.0. The van der Waals surface area contributed by atoms with Crippen LogP contribution in [0.25, 0.3) is 0 Å². The highest BCUT2D eigenvalue weighted by Gasteiger charge is 2.27. The number of nitrogens with zero attached hydrogens (tertiary/aromatic N) is 3. The second kappa shape index (κ2) is 13.2. The van der Waals surface area contributed by atoms with E-state index >= 15 is 0 Å². The molecular formula is C19H36Cl2N4O2S. The van der Waals surface area contributed by atoms with E-state index in [0.29, 0.717) is 25.0 Å². The van der Waals surface area contributed by atoms with Crippen molar-refractivity contribution in [2.24, 2.45) is 0 Å². The number of piperazine rings is 1. The molecule has 2 saturated heterocycles. The molecule has 0 bridgehead atoms. The van der Waals surface area contributed by atoms with Crippen LogP contribution in [0, 0.1) is 0 Å². The van der Waals surface area contributed by atoms with Crippen molar-refractivity contribution in [3.8, 4) is 0 Å². The summed E-state index contributed by atoms with van der Waals surface area (Å²) in [6.45, 7) is 4.62. The molecule has 3 fully saturated rings. The molecule has 6 nitrogen and oxygen atoms in total. The molecule has 0 aromatic rings. The number of hydrogen-bond acceptors (Lipinski definition) is 5. The first-order valence-corrected chi connectivity index (χ1v) is 11.4. The van der Waals surface area contributed by atoms with Crippen LogP contribution in [0.5, 0.6) is 0 Å². The monoisotopic (exact) mass is 454 g/mol. The van der Waals surface area contributed by atoms with Gasteiger partial charge >= 0.3 is 0 Å². The number of amides is 2. The molecule has 1 N–H and O–H groups in total. The van der Waals surface area contributed by atoms with Crippen LogP contribution in [0.15, 0.2) is 0 Å². The van der Waals surface area contributed by atoms with Crippen LogP contribution in [-0.4, -0.2) is 96.4 Å². The molecule has 28 heavy (non-hydrogen) atoms. The van der Waals surface area contributed by atoms with Crippen molar-refractivity contribution in [1.82, 2.24) is 20.0 Å². The fraction of sp³-hybridized carbons (Fsp3) is 0.895. The number of likely N-dealkylation sites (N-methyl/N-ethyl adjacent to an activating group) is 1. The Morgan fingerprint density at radius 3 is 2.36 bits per heavy atom. The van der Waals surface area contributed by atoms with E-state index in [0.717, 1.165) is 57.1 Å². The summed E-state index contributed by atoms with van der Waals surface area (Å²) in [7, 11) is 1.97. The first-order chi connectivity index (χ1) is 12.6. The molecule has 164 valence electrons. The number of carbonyl (C=O) groups is 2. The van der Waals surface area contributed by atoms with E-state index in [1.807, 2.05) is 28.6 Å². The Morgan fingerprint density at radius 1 is 1.07 bits per heavy atom. The fourth-order valence-electron chi connectivity index (χ4n) is 4.22. The van der Waals surface area contributed by atoms with Gasteiger partial charge in [-0.15, -0.1) is 24.8 Å². The maximum absolute atomic E-state index is 12.6. The van der Waals surface area contributed by atoms with E-state index in [-0.39, 0.29) is 36.6 Å². The Hall–Kier alpha value is -0.210. The minimum atomic E-state index is 0. The number of nitrogens with one attached hydrogen (secondary N) is 1. The topological polar surface area (TPSA) is 55.9 Å². The quantitative estimate of drug-likeness (QED) is 0.686. The molecule has 3 aliphatic rings. The van der Waals surface area contributed by atoms with Crippen molar-refractivity contribution >= 4 is 48.4 Å². The molecule has 1 aliphatic carbocycles. The molecular weight excluding hydrogens is 419 g/mol. The summed E-state index contributed by atoms with van der Waals surface area (Å²) >= 11 is 1.93. The van der Waals surface area contributed by atoms with E-state index in [4.69, 9.17) is 0 Å². The van der Waals surface area contributed by atoms with Gasteiger partial charge in [-0.1, -0.05) is 19.3 Å². The van der Waals surface area contributed by atoms with Crippen molar-refractivity contribution in [2.45, 2.75) is 50.6 Å². The van der Waals surface area contributed by atoms with Crippen LogP contribution >= 0.6 is 36.6 Å². The van der Waals surface area contributed by atoms with Crippen molar-refractivity contribution in [1.29, 1.82) is 0 Å². The molecule has 1 unspecified atom stereocenters. The molecule has 1 atom stereocenters. The third-order valence-corrected chi connectivity index (χ3v) is 7.15. The smallest absolute Gasteiger partial charge is 0.236 e. The Labute approximate surface area is 186 Å². The molecule has 1 saturated carbocycles. The van der Waals surface area contributed by atoms with E-state index in [2.05, 4.69) is 10.2 Å². The lowest BCUT2D eigenvalue weighted by Gasteiger charge is -2.37. The average molecular weight is 455 g/mol. The number of rotatable bonds is 5. The predicted octanol–water partition coefficient (Wildman–Crippen LogP) is 1.86. The second-order valence-corrected chi connectivity index (χ2v) is 9.03. The molecule has 3 rings (SSSR count). The number of carbonyl (C=O) groups excluding carboxylic acids is 2. The summed E-state index contributed by atoms with van der Waals surface area (Å²) in [4.78, 5) is 31.2. The molecule has 9 heteroatoms. The highest BCUT2D eigenvalue weighted by Crippen LogP contribution is 2.22. The van der Waals surface area contributed by atoms with E-state index in [1.165, 1.54) is 19.3 Å². The highest BCUT2D eigenvalue weighted by atomic mass is 35.5. The Balaban J connectivity index is 0.00000196. The van der Waals surface area contributed by atoms with Gasteiger partial charge in [0.2, 0.25) is 11.8 Å². The molecule has 0 aromatic carbocycles. The summed E-state index contributed by atoms with van der Waals surface area (Å²) in [5.41, 5.74) is 0.